The first-order valence-corrected chi connectivity index (χ1v) is 9.02. The maximum Gasteiger partial charge on any atom is 0.343 e. The van der Waals surface area contributed by atoms with Crippen LogP contribution in [-0.4, -0.2) is 46.9 Å². The Morgan fingerprint density at radius 3 is 3.00 bits per heavy atom. The van der Waals surface area contributed by atoms with Gasteiger partial charge in [0.05, 0.1) is 19.6 Å². The van der Waals surface area contributed by atoms with Crippen molar-refractivity contribution in [3.05, 3.63) is 46.6 Å². The second kappa shape index (κ2) is 8.66. The van der Waals surface area contributed by atoms with Crippen LogP contribution >= 0.6 is 0 Å². The number of amides is 1. The van der Waals surface area contributed by atoms with Crippen molar-refractivity contribution in [2.75, 3.05) is 31.1 Å². The Kier molecular flexibility index (Phi) is 6.06. The van der Waals surface area contributed by atoms with Gasteiger partial charge in [-0.05, 0) is 25.5 Å². The lowest BCUT2D eigenvalue weighted by Crippen LogP contribution is -2.33. The number of anilines is 1. The van der Waals surface area contributed by atoms with Gasteiger partial charge < -0.3 is 15.0 Å². The van der Waals surface area contributed by atoms with Crippen LogP contribution in [0.4, 0.5) is 5.69 Å². The molecule has 2 aromatic rings. The van der Waals surface area contributed by atoms with Crippen molar-refractivity contribution in [3.8, 4) is 0 Å². The predicted molar refractivity (Wildman–Crippen MR) is 98.1 cm³/mol. The summed E-state index contributed by atoms with van der Waals surface area (Å²) in [5, 5.41) is 9.31. The number of aromatic nitrogens is 3. The molecule has 3 rings (SSSR count). The Morgan fingerprint density at radius 2 is 2.23 bits per heavy atom. The number of carbonyl (C=O) groups excluding carboxylic acids is 1. The van der Waals surface area contributed by atoms with E-state index in [9.17, 15) is 9.59 Å². The average molecular weight is 359 g/mol. The lowest BCUT2D eigenvalue weighted by atomic mass is 10.2. The quantitative estimate of drug-likeness (QED) is 0.688. The number of H-pyrrole nitrogens is 1. The van der Waals surface area contributed by atoms with Crippen molar-refractivity contribution in [2.45, 2.75) is 32.4 Å². The van der Waals surface area contributed by atoms with Crippen LogP contribution in [0.3, 0.4) is 0 Å². The zero-order chi connectivity index (χ0) is 18.4. The van der Waals surface area contributed by atoms with E-state index in [0.717, 1.165) is 19.5 Å². The minimum atomic E-state index is -0.473. The van der Waals surface area contributed by atoms with Crippen LogP contribution in [0.5, 0.6) is 0 Å². The van der Waals surface area contributed by atoms with Gasteiger partial charge in [-0.15, -0.1) is 0 Å². The molecule has 8 heteroatoms. The number of ether oxygens (including phenoxy) is 1. The summed E-state index contributed by atoms with van der Waals surface area (Å²) < 4.78 is 7.13. The third-order valence-corrected chi connectivity index (χ3v) is 4.51. The Balaban J connectivity index is 1.43. The number of rotatable bonds is 8. The van der Waals surface area contributed by atoms with Gasteiger partial charge in [0, 0.05) is 25.3 Å². The van der Waals surface area contributed by atoms with Gasteiger partial charge in [-0.1, -0.05) is 18.2 Å². The highest BCUT2D eigenvalue weighted by Gasteiger charge is 2.26. The minimum absolute atomic E-state index is 0.0957. The number of fused-ring (bicyclic) bond motifs is 1. The highest BCUT2D eigenvalue weighted by atomic mass is 16.5. The number of nitrogens with zero attached hydrogens (tertiary/aromatic N) is 3. The predicted octanol–water partition coefficient (Wildman–Crippen LogP) is 1.07. The molecule has 1 aliphatic rings. The van der Waals surface area contributed by atoms with Gasteiger partial charge in [0.25, 0.3) is 0 Å². The number of aromatic amines is 1. The maximum absolute atomic E-state index is 12.2. The Hall–Kier alpha value is -2.61. The highest BCUT2D eigenvalue weighted by molar-refractivity contribution is 5.76. The molecule has 1 aliphatic heterocycles. The van der Waals surface area contributed by atoms with E-state index in [1.54, 1.807) is 0 Å². The minimum Gasteiger partial charge on any atom is -0.372 e. The summed E-state index contributed by atoms with van der Waals surface area (Å²) in [4.78, 5) is 26.1. The number of hydrogen-bond acceptors (Lipinski definition) is 5. The number of nitrogens with one attached hydrogen (secondary N) is 2. The van der Waals surface area contributed by atoms with Gasteiger partial charge >= 0.3 is 5.69 Å². The third kappa shape index (κ3) is 4.32. The summed E-state index contributed by atoms with van der Waals surface area (Å²) in [5.41, 5.74) is 0.933. The second-order valence-corrected chi connectivity index (χ2v) is 6.22. The summed E-state index contributed by atoms with van der Waals surface area (Å²) in [6.07, 6.45) is 0.548. The first-order chi connectivity index (χ1) is 12.7. The van der Waals surface area contributed by atoms with Crippen molar-refractivity contribution in [3.63, 3.8) is 0 Å². The van der Waals surface area contributed by atoms with Crippen molar-refractivity contribution < 1.29 is 9.53 Å². The Bertz CT molecular complexity index is 771. The smallest absolute Gasteiger partial charge is 0.343 e. The van der Waals surface area contributed by atoms with Crippen molar-refractivity contribution >= 4 is 11.6 Å². The van der Waals surface area contributed by atoms with E-state index >= 15 is 0 Å². The van der Waals surface area contributed by atoms with Gasteiger partial charge in [-0.2, -0.15) is 5.10 Å². The molecule has 1 atom stereocenters. The van der Waals surface area contributed by atoms with Crippen LogP contribution in [-0.2, 0) is 16.1 Å². The van der Waals surface area contributed by atoms with Crippen LogP contribution in [0.2, 0.25) is 0 Å². The molecule has 1 aromatic heterocycles. The van der Waals surface area contributed by atoms with E-state index in [-0.39, 0.29) is 18.0 Å². The standard InChI is InChI=1S/C18H25N5O3/c1-2-22(14-7-4-3-5-8-14)10-6-9-19-16(24)13-15-17-20-21-18(25)23(17)11-12-26-15/h3-5,7-8,15H,2,6,9-13H2,1H3,(H,19,24)(H,21,25). The maximum atomic E-state index is 12.2. The van der Waals surface area contributed by atoms with Gasteiger partial charge in [0.2, 0.25) is 5.91 Å². The monoisotopic (exact) mass is 359 g/mol. The van der Waals surface area contributed by atoms with E-state index in [0.29, 0.717) is 25.5 Å². The van der Waals surface area contributed by atoms with Crippen molar-refractivity contribution in [1.29, 1.82) is 0 Å². The molecular formula is C18H25N5O3. The van der Waals surface area contributed by atoms with Crippen LogP contribution in [0.1, 0.15) is 31.7 Å². The molecule has 26 heavy (non-hydrogen) atoms. The summed E-state index contributed by atoms with van der Waals surface area (Å²) in [7, 11) is 0. The Labute approximate surface area is 152 Å². The zero-order valence-electron chi connectivity index (χ0n) is 15.0. The summed E-state index contributed by atoms with van der Waals surface area (Å²) >= 11 is 0. The van der Waals surface area contributed by atoms with E-state index in [2.05, 4.69) is 39.5 Å². The van der Waals surface area contributed by atoms with Crippen LogP contribution < -0.4 is 15.9 Å². The van der Waals surface area contributed by atoms with E-state index in [1.807, 2.05) is 18.2 Å². The van der Waals surface area contributed by atoms with Crippen molar-refractivity contribution in [2.24, 2.45) is 0 Å². The number of para-hydroxylation sites is 1. The van der Waals surface area contributed by atoms with Gasteiger partial charge in [-0.3, -0.25) is 9.36 Å². The number of carbonyl (C=O) groups is 1. The topological polar surface area (TPSA) is 92.2 Å². The zero-order valence-corrected chi connectivity index (χ0v) is 15.0. The second-order valence-electron chi connectivity index (χ2n) is 6.22. The van der Waals surface area contributed by atoms with Crippen molar-refractivity contribution in [1.82, 2.24) is 20.1 Å². The van der Waals surface area contributed by atoms with Gasteiger partial charge in [0.1, 0.15) is 6.10 Å². The van der Waals surface area contributed by atoms with E-state index in [4.69, 9.17) is 4.74 Å². The lowest BCUT2D eigenvalue weighted by molar-refractivity contribution is -0.125. The van der Waals surface area contributed by atoms with Crippen LogP contribution in [0, 0.1) is 0 Å². The average Bonchev–Trinajstić information content (AvgIpc) is 3.05. The third-order valence-electron chi connectivity index (χ3n) is 4.51. The van der Waals surface area contributed by atoms with Crippen LogP contribution in [0.25, 0.3) is 0 Å². The normalized spacial score (nSPS) is 16.1. The highest BCUT2D eigenvalue weighted by Crippen LogP contribution is 2.21. The molecule has 140 valence electrons. The summed E-state index contributed by atoms with van der Waals surface area (Å²) in [6.45, 7) is 5.39. The molecule has 0 radical (unpaired) electrons. The molecule has 8 nitrogen and oxygen atoms in total. The fraction of sp³-hybridized carbons (Fsp3) is 0.500. The number of benzene rings is 1. The fourth-order valence-corrected chi connectivity index (χ4v) is 3.15. The molecule has 0 saturated heterocycles. The number of hydrogen-bond donors (Lipinski definition) is 2. The molecule has 0 bridgehead atoms. The largest absolute Gasteiger partial charge is 0.372 e. The first kappa shape index (κ1) is 18.2. The molecule has 2 N–H and O–H groups in total. The molecule has 2 heterocycles. The first-order valence-electron chi connectivity index (χ1n) is 9.02. The van der Waals surface area contributed by atoms with E-state index < -0.39 is 6.10 Å². The summed E-state index contributed by atoms with van der Waals surface area (Å²) in [5.74, 6) is 0.402. The molecule has 0 spiro atoms. The van der Waals surface area contributed by atoms with E-state index in [1.165, 1.54) is 10.3 Å². The lowest BCUT2D eigenvalue weighted by Gasteiger charge is -2.24. The van der Waals surface area contributed by atoms with Gasteiger partial charge in [0.15, 0.2) is 5.82 Å². The molecule has 1 amide bonds. The molecule has 0 saturated carbocycles. The Morgan fingerprint density at radius 1 is 1.42 bits per heavy atom. The van der Waals surface area contributed by atoms with Gasteiger partial charge in [-0.25, -0.2) is 9.89 Å². The fourth-order valence-electron chi connectivity index (χ4n) is 3.15. The summed E-state index contributed by atoms with van der Waals surface area (Å²) in [6, 6.07) is 10.2. The molecule has 0 fully saturated rings. The molecule has 0 aliphatic carbocycles. The molecule has 1 aromatic carbocycles. The molecule has 1 unspecified atom stereocenters. The molecular weight excluding hydrogens is 334 g/mol. The SMILES string of the molecule is CCN(CCCNC(=O)CC1OCCn2c1n[nH]c2=O)c1ccccc1. The van der Waals surface area contributed by atoms with Crippen LogP contribution in [0.15, 0.2) is 35.1 Å².